The van der Waals surface area contributed by atoms with E-state index in [2.05, 4.69) is 15.3 Å². The number of ketones is 1. The molecule has 0 spiro atoms. The molecule has 0 saturated heterocycles. The van der Waals surface area contributed by atoms with E-state index < -0.39 is 0 Å². The lowest BCUT2D eigenvalue weighted by Gasteiger charge is -2.18. The van der Waals surface area contributed by atoms with Crippen molar-refractivity contribution in [3.63, 3.8) is 0 Å². The first kappa shape index (κ1) is 17.6. The number of nitrogens with one attached hydrogen (secondary N) is 1. The van der Waals surface area contributed by atoms with Crippen LogP contribution in [0.2, 0.25) is 0 Å². The molecule has 0 atom stereocenters. The molecule has 2 aromatic rings. The molecule has 2 rings (SSSR count). The van der Waals surface area contributed by atoms with E-state index in [0.29, 0.717) is 36.0 Å². The van der Waals surface area contributed by atoms with Crippen molar-refractivity contribution < 1.29 is 9.59 Å². The minimum Gasteiger partial charge on any atom is -0.340 e. The van der Waals surface area contributed by atoms with Crippen LogP contribution in [0.3, 0.4) is 0 Å². The zero-order chi connectivity index (χ0) is 17.7. The van der Waals surface area contributed by atoms with Crippen LogP contribution in [0.15, 0.2) is 30.3 Å². The number of rotatable bonds is 6. The van der Waals surface area contributed by atoms with Gasteiger partial charge in [-0.3, -0.25) is 9.59 Å². The minimum atomic E-state index is -0.111. The third kappa shape index (κ3) is 4.16. The number of amides is 1. The second kappa shape index (κ2) is 7.68. The van der Waals surface area contributed by atoms with Crippen molar-refractivity contribution in [2.45, 2.75) is 27.7 Å². The molecule has 0 bridgehead atoms. The predicted octanol–water partition coefficient (Wildman–Crippen LogP) is 3.21. The van der Waals surface area contributed by atoms with Crippen LogP contribution in [-0.2, 0) is 0 Å². The van der Waals surface area contributed by atoms with Gasteiger partial charge in [0.25, 0.3) is 5.91 Å². The van der Waals surface area contributed by atoms with Gasteiger partial charge in [0.05, 0.1) is 0 Å². The molecule has 1 aromatic carbocycles. The van der Waals surface area contributed by atoms with Gasteiger partial charge < -0.3 is 10.2 Å². The van der Waals surface area contributed by atoms with Gasteiger partial charge in [0.2, 0.25) is 0 Å². The number of hydrogen-bond acceptors (Lipinski definition) is 5. The molecule has 126 valence electrons. The average Bonchev–Trinajstić information content (AvgIpc) is 2.55. The Morgan fingerprint density at radius 1 is 1.08 bits per heavy atom. The zero-order valence-corrected chi connectivity index (χ0v) is 14.5. The summed E-state index contributed by atoms with van der Waals surface area (Å²) in [6.07, 6.45) is 0. The quantitative estimate of drug-likeness (QED) is 0.825. The summed E-state index contributed by atoms with van der Waals surface area (Å²) in [5.74, 6) is 0.983. The summed E-state index contributed by atoms with van der Waals surface area (Å²) in [5, 5.41) is 3.15. The third-order valence-corrected chi connectivity index (χ3v) is 3.67. The van der Waals surface area contributed by atoms with E-state index in [-0.39, 0.29) is 11.7 Å². The summed E-state index contributed by atoms with van der Waals surface area (Å²) in [6.45, 7) is 8.42. The van der Waals surface area contributed by atoms with Gasteiger partial charge in [0.1, 0.15) is 17.3 Å². The van der Waals surface area contributed by atoms with Gasteiger partial charge in [-0.1, -0.05) is 0 Å². The van der Waals surface area contributed by atoms with Gasteiger partial charge in [0.15, 0.2) is 5.78 Å². The van der Waals surface area contributed by atoms with E-state index in [1.54, 1.807) is 42.2 Å². The van der Waals surface area contributed by atoms with Crippen LogP contribution >= 0.6 is 0 Å². The molecule has 0 aliphatic carbocycles. The largest absolute Gasteiger partial charge is 0.340 e. The molecular formula is C18H22N4O2. The van der Waals surface area contributed by atoms with Crippen molar-refractivity contribution in [3.05, 3.63) is 47.4 Å². The highest BCUT2D eigenvalue weighted by Gasteiger charge is 2.16. The highest BCUT2D eigenvalue weighted by atomic mass is 16.2. The monoisotopic (exact) mass is 326 g/mol. The van der Waals surface area contributed by atoms with Gasteiger partial charge in [-0.2, -0.15) is 0 Å². The number of hydrogen-bond donors (Lipinski definition) is 1. The molecule has 0 fully saturated rings. The molecule has 0 saturated carbocycles. The van der Waals surface area contributed by atoms with Crippen molar-refractivity contribution in [1.82, 2.24) is 14.9 Å². The van der Waals surface area contributed by atoms with Crippen LogP contribution in [0.1, 0.15) is 47.4 Å². The third-order valence-electron chi connectivity index (χ3n) is 3.67. The van der Waals surface area contributed by atoms with Crippen LogP contribution in [0, 0.1) is 6.92 Å². The highest BCUT2D eigenvalue weighted by Crippen LogP contribution is 2.17. The van der Waals surface area contributed by atoms with E-state index in [1.807, 2.05) is 13.8 Å². The maximum absolute atomic E-state index is 12.5. The first-order valence-electron chi connectivity index (χ1n) is 7.97. The molecule has 0 aliphatic rings. The summed E-state index contributed by atoms with van der Waals surface area (Å²) in [6, 6.07) is 8.76. The highest BCUT2D eigenvalue weighted by molar-refractivity contribution is 5.94. The fourth-order valence-electron chi connectivity index (χ4n) is 2.35. The van der Waals surface area contributed by atoms with Crippen LogP contribution in [0.25, 0.3) is 0 Å². The van der Waals surface area contributed by atoms with E-state index in [9.17, 15) is 9.59 Å². The lowest BCUT2D eigenvalue weighted by atomic mass is 10.1. The van der Waals surface area contributed by atoms with E-state index >= 15 is 0 Å². The van der Waals surface area contributed by atoms with Crippen molar-refractivity contribution >= 4 is 23.2 Å². The second-order valence-electron chi connectivity index (χ2n) is 5.42. The van der Waals surface area contributed by atoms with Crippen molar-refractivity contribution in [2.24, 2.45) is 0 Å². The first-order valence-corrected chi connectivity index (χ1v) is 7.97. The Morgan fingerprint density at radius 2 is 1.71 bits per heavy atom. The summed E-state index contributed by atoms with van der Waals surface area (Å²) in [7, 11) is 0. The molecule has 6 heteroatoms. The summed E-state index contributed by atoms with van der Waals surface area (Å²) < 4.78 is 0. The van der Waals surface area contributed by atoms with Crippen LogP contribution in [-0.4, -0.2) is 39.6 Å². The number of carbonyl (C=O) groups excluding carboxylic acids is 2. The molecule has 1 N–H and O–H groups in total. The second-order valence-corrected chi connectivity index (χ2v) is 5.42. The molecule has 1 heterocycles. The number of nitrogens with zero attached hydrogens (tertiary/aromatic N) is 3. The van der Waals surface area contributed by atoms with Gasteiger partial charge in [-0.25, -0.2) is 9.97 Å². The molecule has 0 unspecified atom stereocenters. The maximum Gasteiger partial charge on any atom is 0.272 e. The summed E-state index contributed by atoms with van der Waals surface area (Å²) >= 11 is 0. The Kier molecular flexibility index (Phi) is 5.63. The molecule has 1 amide bonds. The number of aromatic nitrogens is 2. The Balaban J connectivity index is 2.25. The van der Waals surface area contributed by atoms with Crippen LogP contribution in [0.4, 0.5) is 11.5 Å². The fourth-order valence-corrected chi connectivity index (χ4v) is 2.35. The Morgan fingerprint density at radius 3 is 2.25 bits per heavy atom. The normalized spacial score (nSPS) is 10.3. The van der Waals surface area contributed by atoms with Crippen LogP contribution in [0.5, 0.6) is 0 Å². The smallest absolute Gasteiger partial charge is 0.272 e. The SMILES string of the molecule is CCN(CC)C(=O)c1cc(Nc2ccc(C(C)=O)cc2)nc(C)n1. The Hall–Kier alpha value is -2.76. The maximum atomic E-state index is 12.5. The number of carbonyl (C=O) groups is 2. The number of aryl methyl sites for hydroxylation is 1. The molecule has 0 aliphatic heterocycles. The molecule has 0 radical (unpaired) electrons. The van der Waals surface area contributed by atoms with Gasteiger partial charge >= 0.3 is 0 Å². The average molecular weight is 326 g/mol. The van der Waals surface area contributed by atoms with Crippen molar-refractivity contribution in [1.29, 1.82) is 0 Å². The van der Waals surface area contributed by atoms with E-state index in [0.717, 1.165) is 5.69 Å². The first-order chi connectivity index (χ1) is 11.4. The Labute approximate surface area is 141 Å². The minimum absolute atomic E-state index is 0.0199. The number of anilines is 2. The van der Waals surface area contributed by atoms with Gasteiger partial charge in [-0.15, -0.1) is 0 Å². The molecular weight excluding hydrogens is 304 g/mol. The standard InChI is InChI=1S/C18H22N4O2/c1-5-22(6-2)18(24)16-11-17(20-13(4)19-16)21-15-9-7-14(8-10-15)12(3)23/h7-11H,5-6H2,1-4H3,(H,19,20,21). The zero-order valence-electron chi connectivity index (χ0n) is 14.5. The number of Topliss-reactive ketones (excluding diaryl/α,β-unsaturated/α-hetero) is 1. The van der Waals surface area contributed by atoms with Gasteiger partial charge in [-0.05, 0) is 52.0 Å². The molecule has 24 heavy (non-hydrogen) atoms. The van der Waals surface area contributed by atoms with E-state index in [1.165, 1.54) is 6.92 Å². The lowest BCUT2D eigenvalue weighted by Crippen LogP contribution is -2.31. The topological polar surface area (TPSA) is 75.2 Å². The van der Waals surface area contributed by atoms with Gasteiger partial charge in [0, 0.05) is 30.4 Å². The summed E-state index contributed by atoms with van der Waals surface area (Å²) in [5.41, 5.74) is 1.81. The lowest BCUT2D eigenvalue weighted by molar-refractivity contribution is 0.0766. The fraction of sp³-hybridized carbons (Fsp3) is 0.333. The van der Waals surface area contributed by atoms with Crippen LogP contribution < -0.4 is 5.32 Å². The van der Waals surface area contributed by atoms with Crippen molar-refractivity contribution in [2.75, 3.05) is 18.4 Å². The molecule has 1 aromatic heterocycles. The van der Waals surface area contributed by atoms with Crippen molar-refractivity contribution in [3.8, 4) is 0 Å². The summed E-state index contributed by atoms with van der Waals surface area (Å²) in [4.78, 5) is 34.0. The van der Waals surface area contributed by atoms with E-state index in [4.69, 9.17) is 0 Å². The predicted molar refractivity (Wildman–Crippen MR) is 93.7 cm³/mol. The molecule has 6 nitrogen and oxygen atoms in total. The Bertz CT molecular complexity index is 737. The number of benzene rings is 1.